The van der Waals surface area contributed by atoms with Gasteiger partial charge >= 0.3 is 5.97 Å². The van der Waals surface area contributed by atoms with Crippen LogP contribution in [0.5, 0.6) is 0 Å². The number of hydrogen-bond donors (Lipinski definition) is 2. The Bertz CT molecular complexity index is 2780. The summed E-state index contributed by atoms with van der Waals surface area (Å²) in [5.74, 6) is -0.146. The van der Waals surface area contributed by atoms with E-state index >= 15 is 0 Å². The van der Waals surface area contributed by atoms with E-state index in [1.807, 2.05) is 73.7 Å². The van der Waals surface area contributed by atoms with Crippen molar-refractivity contribution in [1.82, 2.24) is 34.9 Å². The van der Waals surface area contributed by atoms with Gasteiger partial charge in [-0.3, -0.25) is 19.7 Å². The molecule has 0 amide bonds. The van der Waals surface area contributed by atoms with E-state index in [0.717, 1.165) is 109 Å². The van der Waals surface area contributed by atoms with Gasteiger partial charge in [0.05, 0.1) is 63.0 Å². The van der Waals surface area contributed by atoms with Crippen molar-refractivity contribution >= 4 is 52.3 Å². The molecule has 2 aliphatic rings. The van der Waals surface area contributed by atoms with Gasteiger partial charge in [0.2, 0.25) is 0 Å². The Kier molecular flexibility index (Phi) is 11.2. The molecule has 0 atom stereocenters. The van der Waals surface area contributed by atoms with Gasteiger partial charge in [-0.25, -0.2) is 14.5 Å². The molecular formula is C47H39BrN8O2. The van der Waals surface area contributed by atoms with E-state index in [1.54, 1.807) is 18.6 Å². The van der Waals surface area contributed by atoms with Crippen LogP contribution in [0.1, 0.15) is 49.0 Å². The first-order valence-corrected chi connectivity index (χ1v) is 19.2. The number of unbranched alkanes of at least 4 members (excludes halogenated alkanes) is 1. The van der Waals surface area contributed by atoms with Gasteiger partial charge in [0, 0.05) is 71.3 Å². The van der Waals surface area contributed by atoms with Crippen LogP contribution in [0.4, 0.5) is 0 Å². The number of halogens is 1. The molecule has 2 aliphatic heterocycles. The van der Waals surface area contributed by atoms with Gasteiger partial charge in [-0.15, -0.1) is 0 Å². The van der Waals surface area contributed by atoms with Crippen molar-refractivity contribution in [3.8, 4) is 44.9 Å². The molecule has 0 radical (unpaired) electrons. The highest BCUT2D eigenvalue weighted by molar-refractivity contribution is 5.98. The summed E-state index contributed by atoms with van der Waals surface area (Å²) in [6, 6.07) is 30.4. The number of rotatable bonds is 10. The summed E-state index contributed by atoms with van der Waals surface area (Å²) in [6.07, 6.45) is 19.9. The van der Waals surface area contributed by atoms with Crippen molar-refractivity contribution in [1.29, 1.82) is 0 Å². The van der Waals surface area contributed by atoms with E-state index in [1.165, 1.54) is 0 Å². The molecule has 0 aliphatic carbocycles. The summed E-state index contributed by atoms with van der Waals surface area (Å²) in [6.45, 7) is 3.03. The zero-order chi connectivity index (χ0) is 38.6. The Morgan fingerprint density at radius 2 is 1.00 bits per heavy atom. The molecule has 0 saturated heterocycles. The largest absolute Gasteiger partial charge is 1.00 e. The van der Waals surface area contributed by atoms with E-state index in [0.29, 0.717) is 13.0 Å². The molecule has 11 heteroatoms. The van der Waals surface area contributed by atoms with E-state index in [9.17, 15) is 4.79 Å². The molecule has 0 spiro atoms. The molecule has 286 valence electrons. The van der Waals surface area contributed by atoms with Crippen LogP contribution in [0.3, 0.4) is 0 Å². The standard InChI is InChI=1S/C47H38N8O2.BrH/c1-2-57-43(56)14-6-10-28-55-29-23-31(24-30-55)44-35-15-17-37(51-35)45(32-11-3-7-25-48-32)39-19-21-41(53-39)47(34-13-5-9-27-50-34)42-22-20-40(54-42)46(33-12-4-8-26-49-33)38-18-16-36(44)52-38;/h3-5,7-9,11-13,15-27,29-30H,2,6,10,14,28H2,1H3,(H,51,52,53,54);1H. The van der Waals surface area contributed by atoms with Crippen LogP contribution in [-0.2, 0) is 16.1 Å². The molecule has 8 bridgehead atoms. The predicted molar refractivity (Wildman–Crippen MR) is 225 cm³/mol. The Labute approximate surface area is 345 Å². The fourth-order valence-corrected chi connectivity index (χ4v) is 7.42. The number of carbonyl (C=O) groups excluding carboxylic acids is 1. The molecule has 0 fully saturated rings. The van der Waals surface area contributed by atoms with E-state index < -0.39 is 0 Å². The summed E-state index contributed by atoms with van der Waals surface area (Å²) in [5.41, 5.74) is 13.6. The van der Waals surface area contributed by atoms with E-state index in [2.05, 4.69) is 75.5 Å². The van der Waals surface area contributed by atoms with Gasteiger partial charge in [-0.1, -0.05) is 18.2 Å². The number of hydrogen-bond acceptors (Lipinski definition) is 7. The number of carbonyl (C=O) groups is 1. The molecular weight excluding hydrogens is 788 g/mol. The molecule has 58 heavy (non-hydrogen) atoms. The van der Waals surface area contributed by atoms with Gasteiger partial charge in [0.15, 0.2) is 12.4 Å². The Hall–Kier alpha value is -6.85. The maximum absolute atomic E-state index is 11.9. The quantitative estimate of drug-likeness (QED) is 0.0913. The van der Waals surface area contributed by atoms with Crippen molar-refractivity contribution in [2.24, 2.45) is 0 Å². The Morgan fingerprint density at radius 3 is 1.41 bits per heavy atom. The third kappa shape index (κ3) is 7.76. The molecule has 0 aromatic carbocycles. The minimum absolute atomic E-state index is 0. The number of aromatic amines is 2. The second-order valence-electron chi connectivity index (χ2n) is 13.7. The summed E-state index contributed by atoms with van der Waals surface area (Å²) < 4.78 is 7.24. The van der Waals surface area contributed by atoms with Gasteiger partial charge in [0.25, 0.3) is 0 Å². The number of esters is 1. The van der Waals surface area contributed by atoms with Crippen molar-refractivity contribution < 1.29 is 31.1 Å². The zero-order valence-electron chi connectivity index (χ0n) is 31.8. The van der Waals surface area contributed by atoms with Crippen LogP contribution >= 0.6 is 0 Å². The van der Waals surface area contributed by atoms with Crippen molar-refractivity contribution in [2.45, 2.75) is 32.7 Å². The lowest BCUT2D eigenvalue weighted by atomic mass is 10.1. The summed E-state index contributed by atoms with van der Waals surface area (Å²) in [7, 11) is 0. The van der Waals surface area contributed by atoms with E-state index in [-0.39, 0.29) is 23.0 Å². The first-order valence-electron chi connectivity index (χ1n) is 19.2. The predicted octanol–water partition coefficient (Wildman–Crippen LogP) is 6.53. The Morgan fingerprint density at radius 1 is 0.569 bits per heavy atom. The smallest absolute Gasteiger partial charge is 0.305 e. The third-order valence-electron chi connectivity index (χ3n) is 10.0. The lowest BCUT2D eigenvalue weighted by molar-refractivity contribution is -0.697. The minimum atomic E-state index is -0.146. The second-order valence-corrected chi connectivity index (χ2v) is 13.7. The first kappa shape index (κ1) is 38.0. The Balaban J connectivity index is 0.00000469. The number of fused-ring (bicyclic) bond motifs is 8. The van der Waals surface area contributed by atoms with Gasteiger partial charge in [0.1, 0.15) is 6.54 Å². The lowest BCUT2D eigenvalue weighted by Crippen LogP contribution is -3.00. The van der Waals surface area contributed by atoms with Crippen LogP contribution in [0, 0.1) is 0 Å². The molecule has 0 unspecified atom stereocenters. The highest BCUT2D eigenvalue weighted by Gasteiger charge is 2.20. The summed E-state index contributed by atoms with van der Waals surface area (Å²) in [5, 5.41) is 0. The average Bonchev–Trinajstić information content (AvgIpc) is 4.10. The number of pyridine rings is 4. The monoisotopic (exact) mass is 826 g/mol. The molecule has 9 rings (SSSR count). The number of H-pyrrole nitrogens is 2. The van der Waals surface area contributed by atoms with Crippen LogP contribution < -0.4 is 21.5 Å². The highest BCUT2D eigenvalue weighted by atomic mass is 79.9. The first-order chi connectivity index (χ1) is 28.1. The minimum Gasteiger partial charge on any atom is -1.00 e. The second kappa shape index (κ2) is 17.1. The normalized spacial score (nSPS) is 11.7. The lowest BCUT2D eigenvalue weighted by Gasteiger charge is -2.06. The molecule has 7 aromatic rings. The van der Waals surface area contributed by atoms with Crippen molar-refractivity contribution in [3.05, 3.63) is 145 Å². The van der Waals surface area contributed by atoms with Crippen LogP contribution in [0.2, 0.25) is 0 Å². The van der Waals surface area contributed by atoms with Crippen LogP contribution in [0.15, 0.2) is 122 Å². The fraction of sp³-hybridized carbons (Fsp3) is 0.128. The van der Waals surface area contributed by atoms with Crippen LogP contribution in [0.25, 0.3) is 91.3 Å². The van der Waals surface area contributed by atoms with E-state index in [4.69, 9.17) is 29.7 Å². The number of aryl methyl sites for hydroxylation is 1. The molecule has 2 N–H and O–H groups in total. The van der Waals surface area contributed by atoms with Gasteiger partial charge in [-0.2, -0.15) is 0 Å². The fourth-order valence-electron chi connectivity index (χ4n) is 7.42. The van der Waals surface area contributed by atoms with Gasteiger partial charge in [-0.05, 0) is 104 Å². The molecule has 9 heterocycles. The van der Waals surface area contributed by atoms with Crippen molar-refractivity contribution in [2.75, 3.05) is 6.61 Å². The van der Waals surface area contributed by atoms with Crippen LogP contribution in [-0.4, -0.2) is 47.5 Å². The highest BCUT2D eigenvalue weighted by Crippen LogP contribution is 2.37. The number of nitrogens with one attached hydrogen (secondary N) is 2. The number of aromatic nitrogens is 8. The molecule has 10 nitrogen and oxygen atoms in total. The summed E-state index contributed by atoms with van der Waals surface area (Å²) >= 11 is 0. The topological polar surface area (TPSA) is 126 Å². The zero-order valence-corrected chi connectivity index (χ0v) is 33.4. The summed E-state index contributed by atoms with van der Waals surface area (Å²) in [4.78, 5) is 44.3. The molecule has 0 saturated carbocycles. The third-order valence-corrected chi connectivity index (χ3v) is 10.0. The van der Waals surface area contributed by atoms with Crippen molar-refractivity contribution in [3.63, 3.8) is 0 Å². The number of ether oxygens (including phenoxy) is 1. The average molecular weight is 828 g/mol. The number of nitrogens with zero attached hydrogens (tertiary/aromatic N) is 6. The maximum atomic E-state index is 11.9. The molecule has 7 aromatic heterocycles. The maximum Gasteiger partial charge on any atom is 0.305 e. The van der Waals surface area contributed by atoms with Gasteiger partial charge < -0.3 is 31.7 Å². The SMILES string of the molecule is CCOC(=O)CCCC[n+]1ccc(-c2c3nc(c(-c4ccccn4)c4ccc([nH]4)c(-c4ccccn4)c4nc(c(-c5ccccn5)c5ccc2[nH]5)C=C4)C=C3)cc1.[Br-].